The summed E-state index contributed by atoms with van der Waals surface area (Å²) in [5.41, 5.74) is 0. The third-order valence-corrected chi connectivity index (χ3v) is 4.55. The predicted octanol–water partition coefficient (Wildman–Crippen LogP) is 0.420. The van der Waals surface area contributed by atoms with Gasteiger partial charge in [0.1, 0.15) is 0 Å². The number of amides is 2. The van der Waals surface area contributed by atoms with E-state index in [1.54, 1.807) is 19.2 Å². The summed E-state index contributed by atoms with van der Waals surface area (Å²) < 4.78 is 5.19. The quantitative estimate of drug-likeness (QED) is 0.876. The van der Waals surface area contributed by atoms with Crippen LogP contribution in [0.3, 0.4) is 0 Å². The van der Waals surface area contributed by atoms with Gasteiger partial charge in [-0.3, -0.25) is 14.5 Å². The van der Waals surface area contributed by atoms with Crippen molar-refractivity contribution in [2.24, 2.45) is 11.8 Å². The summed E-state index contributed by atoms with van der Waals surface area (Å²) in [5.74, 6) is 1.45. The molecule has 6 nitrogen and oxygen atoms in total. The minimum Gasteiger partial charge on any atom is -0.459 e. The molecular weight excluding hydrogens is 270 g/mol. The van der Waals surface area contributed by atoms with E-state index in [0.717, 1.165) is 32.6 Å². The van der Waals surface area contributed by atoms with E-state index < -0.39 is 0 Å². The first kappa shape index (κ1) is 14.1. The van der Waals surface area contributed by atoms with E-state index in [9.17, 15) is 9.59 Å². The number of furan rings is 1. The molecule has 0 unspecified atom stereocenters. The van der Waals surface area contributed by atoms with Crippen LogP contribution in [0, 0.1) is 11.8 Å². The van der Waals surface area contributed by atoms with Crippen LogP contribution in [0.2, 0.25) is 0 Å². The van der Waals surface area contributed by atoms with Gasteiger partial charge in [-0.2, -0.15) is 0 Å². The van der Waals surface area contributed by atoms with Gasteiger partial charge in [-0.15, -0.1) is 0 Å². The Bertz CT molecular complexity index is 514. The minimum absolute atomic E-state index is 0.0211. The van der Waals surface area contributed by atoms with Gasteiger partial charge < -0.3 is 14.6 Å². The van der Waals surface area contributed by atoms with Crippen LogP contribution in [0.1, 0.15) is 17.0 Å². The molecule has 0 aliphatic carbocycles. The molecule has 3 rings (SSSR count). The van der Waals surface area contributed by atoms with Crippen LogP contribution in [0.15, 0.2) is 22.8 Å². The third kappa shape index (κ3) is 2.95. The average Bonchev–Trinajstić information content (AvgIpc) is 3.15. The van der Waals surface area contributed by atoms with Crippen LogP contribution in [-0.4, -0.2) is 61.4 Å². The zero-order valence-corrected chi connectivity index (χ0v) is 12.2. The Labute approximate surface area is 124 Å². The number of hydrogen-bond acceptors (Lipinski definition) is 4. The highest BCUT2D eigenvalue weighted by Gasteiger charge is 2.39. The summed E-state index contributed by atoms with van der Waals surface area (Å²) in [7, 11) is 1.66. The van der Waals surface area contributed by atoms with Gasteiger partial charge in [0.2, 0.25) is 5.91 Å². The van der Waals surface area contributed by atoms with Crippen LogP contribution < -0.4 is 5.32 Å². The topological polar surface area (TPSA) is 65.8 Å². The molecule has 2 saturated heterocycles. The lowest BCUT2D eigenvalue weighted by molar-refractivity contribution is -0.122. The van der Waals surface area contributed by atoms with Crippen LogP contribution in [0.5, 0.6) is 0 Å². The van der Waals surface area contributed by atoms with Gasteiger partial charge in [0.05, 0.1) is 12.8 Å². The lowest BCUT2D eigenvalue weighted by atomic mass is 9.89. The summed E-state index contributed by atoms with van der Waals surface area (Å²) in [6, 6.07) is 3.45. The smallest absolute Gasteiger partial charge is 0.289 e. The zero-order chi connectivity index (χ0) is 14.8. The van der Waals surface area contributed by atoms with E-state index in [2.05, 4.69) is 10.2 Å². The summed E-state index contributed by atoms with van der Waals surface area (Å²) in [6.07, 6.45) is 2.57. The van der Waals surface area contributed by atoms with Gasteiger partial charge in [0.15, 0.2) is 5.76 Å². The number of nitrogens with zero attached hydrogens (tertiary/aromatic N) is 2. The molecule has 2 atom stereocenters. The van der Waals surface area contributed by atoms with Crippen LogP contribution in [-0.2, 0) is 4.79 Å². The van der Waals surface area contributed by atoms with Crippen LogP contribution >= 0.6 is 0 Å². The molecule has 114 valence electrons. The van der Waals surface area contributed by atoms with E-state index >= 15 is 0 Å². The normalized spacial score (nSPS) is 25.7. The number of nitrogens with one attached hydrogen (secondary N) is 1. The second-order valence-corrected chi connectivity index (χ2v) is 5.90. The fourth-order valence-corrected chi connectivity index (χ4v) is 3.39. The number of hydrogen-bond donors (Lipinski definition) is 1. The lowest BCUT2D eigenvalue weighted by Crippen LogP contribution is -2.44. The Hall–Kier alpha value is -1.82. The molecular formula is C15H21N3O3. The first-order valence-corrected chi connectivity index (χ1v) is 7.43. The summed E-state index contributed by atoms with van der Waals surface area (Å²) in [5, 5.41) is 2.66. The van der Waals surface area contributed by atoms with Crippen molar-refractivity contribution < 1.29 is 14.0 Å². The maximum absolute atomic E-state index is 12.3. The Morgan fingerprint density at radius 1 is 1.33 bits per heavy atom. The molecule has 0 aromatic carbocycles. The second kappa shape index (κ2) is 5.89. The molecule has 1 aromatic rings. The molecule has 21 heavy (non-hydrogen) atoms. The number of rotatable bonds is 3. The monoisotopic (exact) mass is 291 g/mol. The standard InChI is InChI=1S/C15H21N3O3/c1-16-14(19)10-17-5-4-11-8-18(9-12(11)7-17)15(20)13-3-2-6-21-13/h2-3,6,11-12H,4-5,7-10H2,1H3,(H,16,19)/t11-,12+/m0/s1. The number of piperidine rings is 1. The van der Waals surface area contributed by atoms with Crippen molar-refractivity contribution in [3.63, 3.8) is 0 Å². The van der Waals surface area contributed by atoms with Gasteiger partial charge in [-0.25, -0.2) is 0 Å². The van der Waals surface area contributed by atoms with Crippen molar-refractivity contribution in [3.05, 3.63) is 24.2 Å². The number of likely N-dealkylation sites (tertiary alicyclic amines) is 2. The second-order valence-electron chi connectivity index (χ2n) is 5.90. The predicted molar refractivity (Wildman–Crippen MR) is 76.7 cm³/mol. The molecule has 0 spiro atoms. The van der Waals surface area contributed by atoms with Gasteiger partial charge in [0.25, 0.3) is 5.91 Å². The first-order valence-electron chi connectivity index (χ1n) is 7.43. The zero-order valence-electron chi connectivity index (χ0n) is 12.2. The highest BCUT2D eigenvalue weighted by atomic mass is 16.3. The average molecular weight is 291 g/mol. The van der Waals surface area contributed by atoms with Crippen molar-refractivity contribution in [1.29, 1.82) is 0 Å². The third-order valence-electron chi connectivity index (χ3n) is 4.55. The number of carbonyl (C=O) groups is 2. The van der Waals surface area contributed by atoms with Crippen LogP contribution in [0.4, 0.5) is 0 Å². The maximum Gasteiger partial charge on any atom is 0.289 e. The van der Waals surface area contributed by atoms with E-state index in [4.69, 9.17) is 4.42 Å². The highest BCUT2D eigenvalue weighted by molar-refractivity contribution is 5.91. The molecule has 3 heterocycles. The van der Waals surface area contributed by atoms with E-state index in [1.807, 2.05) is 4.90 Å². The molecule has 0 bridgehead atoms. The molecule has 0 saturated carbocycles. The van der Waals surface area contributed by atoms with Crippen molar-refractivity contribution in [3.8, 4) is 0 Å². The van der Waals surface area contributed by atoms with Crippen molar-refractivity contribution >= 4 is 11.8 Å². The molecule has 1 aromatic heterocycles. The SMILES string of the molecule is CNC(=O)CN1CC[C@H]2CN(C(=O)c3ccco3)C[C@H]2C1. The van der Waals surface area contributed by atoms with Crippen molar-refractivity contribution in [2.75, 3.05) is 39.8 Å². The molecule has 2 aliphatic heterocycles. The molecule has 1 N–H and O–H groups in total. The Balaban J connectivity index is 1.59. The molecule has 6 heteroatoms. The molecule has 2 amide bonds. The van der Waals surface area contributed by atoms with Crippen molar-refractivity contribution in [2.45, 2.75) is 6.42 Å². The van der Waals surface area contributed by atoms with Gasteiger partial charge >= 0.3 is 0 Å². The van der Waals surface area contributed by atoms with E-state index in [1.165, 1.54) is 6.26 Å². The molecule has 2 aliphatic rings. The summed E-state index contributed by atoms with van der Waals surface area (Å²) in [6.45, 7) is 3.83. The first-order chi connectivity index (χ1) is 10.2. The van der Waals surface area contributed by atoms with Crippen LogP contribution in [0.25, 0.3) is 0 Å². The van der Waals surface area contributed by atoms with E-state index in [0.29, 0.717) is 24.1 Å². The fourth-order valence-electron chi connectivity index (χ4n) is 3.39. The van der Waals surface area contributed by atoms with Gasteiger partial charge in [-0.05, 0) is 36.9 Å². The highest BCUT2D eigenvalue weighted by Crippen LogP contribution is 2.31. The van der Waals surface area contributed by atoms with Gasteiger partial charge in [-0.1, -0.05) is 0 Å². The van der Waals surface area contributed by atoms with Gasteiger partial charge in [0, 0.05) is 26.7 Å². The maximum atomic E-state index is 12.3. The summed E-state index contributed by atoms with van der Waals surface area (Å²) in [4.78, 5) is 27.8. The van der Waals surface area contributed by atoms with Crippen molar-refractivity contribution in [1.82, 2.24) is 15.1 Å². The largest absolute Gasteiger partial charge is 0.459 e. The molecule has 0 radical (unpaired) electrons. The Kier molecular flexibility index (Phi) is 3.96. The number of likely N-dealkylation sites (N-methyl/N-ethyl adjacent to an activating group) is 1. The lowest BCUT2D eigenvalue weighted by Gasteiger charge is -2.33. The van der Waals surface area contributed by atoms with E-state index in [-0.39, 0.29) is 11.8 Å². The Morgan fingerprint density at radius 2 is 2.14 bits per heavy atom. The number of fused-ring (bicyclic) bond motifs is 1. The summed E-state index contributed by atoms with van der Waals surface area (Å²) >= 11 is 0. The Morgan fingerprint density at radius 3 is 2.86 bits per heavy atom. The molecule has 2 fully saturated rings. The fraction of sp³-hybridized carbons (Fsp3) is 0.600. The minimum atomic E-state index is -0.0211. The number of carbonyl (C=O) groups excluding carboxylic acids is 2.